The summed E-state index contributed by atoms with van der Waals surface area (Å²) in [5.41, 5.74) is 0.873. The van der Waals surface area contributed by atoms with Crippen LogP contribution < -0.4 is 9.64 Å². The first-order chi connectivity index (χ1) is 11.6. The second-order valence-corrected chi connectivity index (χ2v) is 7.34. The molecule has 1 amide bonds. The van der Waals surface area contributed by atoms with Crippen molar-refractivity contribution in [2.75, 3.05) is 31.6 Å². The van der Waals surface area contributed by atoms with Crippen LogP contribution in [0.2, 0.25) is 5.02 Å². The van der Waals surface area contributed by atoms with Gasteiger partial charge < -0.3 is 14.5 Å². The van der Waals surface area contributed by atoms with Crippen molar-refractivity contribution in [2.24, 2.45) is 0 Å². The van der Waals surface area contributed by atoms with Crippen LogP contribution in [0.3, 0.4) is 0 Å². The number of carbonyl (C=O) groups is 1. The number of aryl methyl sites for hydroxylation is 1. The molecular formula is C17H20ClN3O2S. The van der Waals surface area contributed by atoms with E-state index in [1.54, 1.807) is 22.3 Å². The molecule has 1 aromatic heterocycles. The molecule has 0 fully saturated rings. The largest absolute Gasteiger partial charge is 0.490 e. The van der Waals surface area contributed by atoms with Crippen LogP contribution >= 0.6 is 22.9 Å². The molecule has 1 aliphatic heterocycles. The van der Waals surface area contributed by atoms with E-state index in [1.165, 1.54) is 4.88 Å². The Labute approximate surface area is 150 Å². The Morgan fingerprint density at radius 1 is 1.50 bits per heavy atom. The average Bonchev–Trinajstić information content (AvgIpc) is 3.03. The predicted molar refractivity (Wildman–Crippen MR) is 97.1 cm³/mol. The van der Waals surface area contributed by atoms with E-state index in [-0.39, 0.29) is 5.91 Å². The van der Waals surface area contributed by atoms with E-state index in [2.05, 4.69) is 11.9 Å². The minimum Gasteiger partial charge on any atom is -0.490 e. The van der Waals surface area contributed by atoms with Crippen LogP contribution in [-0.4, -0.2) is 42.5 Å². The molecule has 0 saturated carbocycles. The van der Waals surface area contributed by atoms with E-state index < -0.39 is 0 Å². The molecule has 1 aliphatic rings. The van der Waals surface area contributed by atoms with Gasteiger partial charge >= 0.3 is 0 Å². The maximum absolute atomic E-state index is 12.6. The number of aromatic nitrogens is 1. The summed E-state index contributed by atoms with van der Waals surface area (Å²) in [7, 11) is 1.81. The van der Waals surface area contributed by atoms with Gasteiger partial charge in [-0.3, -0.25) is 4.79 Å². The minimum absolute atomic E-state index is 0.0519. The molecule has 128 valence electrons. The number of benzene rings is 1. The molecule has 2 aromatic rings. The average molecular weight is 366 g/mol. The third-order valence-corrected chi connectivity index (χ3v) is 5.32. The molecule has 0 aliphatic carbocycles. The van der Waals surface area contributed by atoms with Crippen molar-refractivity contribution in [3.8, 4) is 5.75 Å². The topological polar surface area (TPSA) is 45.7 Å². The number of fused-ring (bicyclic) bond motifs is 1. The first-order valence-electron chi connectivity index (χ1n) is 7.91. The number of rotatable bonds is 5. The molecule has 0 spiro atoms. The summed E-state index contributed by atoms with van der Waals surface area (Å²) in [6, 6.07) is 5.49. The molecule has 0 bridgehead atoms. The first-order valence-corrected chi connectivity index (χ1v) is 9.11. The minimum atomic E-state index is 0.0519. The third kappa shape index (κ3) is 3.82. The Bertz CT molecular complexity index is 734. The SMILES string of the molecule is CCc1cnc(CN(C)C(=O)CN2CCOc3ccc(Cl)cc32)s1. The molecule has 0 N–H and O–H groups in total. The molecule has 2 heterocycles. The molecule has 24 heavy (non-hydrogen) atoms. The lowest BCUT2D eigenvalue weighted by Crippen LogP contribution is -2.41. The fraction of sp³-hybridized carbons (Fsp3) is 0.412. The second kappa shape index (κ2) is 7.40. The van der Waals surface area contributed by atoms with Crippen LogP contribution in [0.5, 0.6) is 5.75 Å². The predicted octanol–water partition coefficient (Wildman–Crippen LogP) is 3.22. The van der Waals surface area contributed by atoms with E-state index in [1.807, 2.05) is 30.3 Å². The Morgan fingerprint density at radius 3 is 3.08 bits per heavy atom. The van der Waals surface area contributed by atoms with Crippen LogP contribution in [0.4, 0.5) is 5.69 Å². The Balaban J connectivity index is 1.65. The number of carbonyl (C=O) groups excluding carboxylic acids is 1. The van der Waals surface area contributed by atoms with Gasteiger partial charge in [0.15, 0.2) is 0 Å². The fourth-order valence-corrected chi connectivity index (χ4v) is 3.65. The zero-order valence-electron chi connectivity index (χ0n) is 13.8. The molecule has 7 heteroatoms. The lowest BCUT2D eigenvalue weighted by Gasteiger charge is -2.32. The van der Waals surface area contributed by atoms with Crippen LogP contribution in [0.25, 0.3) is 0 Å². The number of hydrogen-bond acceptors (Lipinski definition) is 5. The molecule has 3 rings (SSSR count). The summed E-state index contributed by atoms with van der Waals surface area (Å²) < 4.78 is 5.63. The summed E-state index contributed by atoms with van der Waals surface area (Å²) in [6.07, 6.45) is 2.86. The highest BCUT2D eigenvalue weighted by atomic mass is 35.5. The van der Waals surface area contributed by atoms with Gasteiger partial charge in [-0.25, -0.2) is 4.98 Å². The number of anilines is 1. The Hall–Kier alpha value is -1.79. The standard InChI is InChI=1S/C17H20ClN3O2S/c1-3-13-9-19-16(24-13)10-20(2)17(22)11-21-6-7-23-15-5-4-12(18)8-14(15)21/h4-5,8-9H,3,6-7,10-11H2,1-2H3. The molecule has 0 unspecified atom stereocenters. The summed E-state index contributed by atoms with van der Waals surface area (Å²) in [4.78, 5) is 21.9. The van der Waals surface area contributed by atoms with Gasteiger partial charge in [0.1, 0.15) is 17.4 Å². The van der Waals surface area contributed by atoms with Gasteiger partial charge in [-0.05, 0) is 24.6 Å². The van der Waals surface area contributed by atoms with Crippen LogP contribution in [0.15, 0.2) is 24.4 Å². The van der Waals surface area contributed by atoms with Crippen LogP contribution in [0.1, 0.15) is 16.8 Å². The van der Waals surface area contributed by atoms with E-state index in [0.29, 0.717) is 31.3 Å². The quantitative estimate of drug-likeness (QED) is 0.816. The second-order valence-electron chi connectivity index (χ2n) is 5.71. The number of thiazole rings is 1. The van der Waals surface area contributed by atoms with Crippen molar-refractivity contribution in [3.63, 3.8) is 0 Å². The number of ether oxygens (including phenoxy) is 1. The van der Waals surface area contributed by atoms with Gasteiger partial charge in [0, 0.05) is 23.1 Å². The maximum atomic E-state index is 12.6. The van der Waals surface area contributed by atoms with E-state index in [4.69, 9.17) is 16.3 Å². The van der Waals surface area contributed by atoms with E-state index >= 15 is 0 Å². The van der Waals surface area contributed by atoms with Gasteiger partial charge in [0.25, 0.3) is 0 Å². The van der Waals surface area contributed by atoms with Gasteiger partial charge in [-0.15, -0.1) is 11.3 Å². The maximum Gasteiger partial charge on any atom is 0.242 e. The number of likely N-dealkylation sites (N-methyl/N-ethyl adjacent to an activating group) is 1. The highest BCUT2D eigenvalue weighted by molar-refractivity contribution is 7.11. The number of nitrogens with zero attached hydrogens (tertiary/aromatic N) is 3. The van der Waals surface area contributed by atoms with E-state index in [0.717, 1.165) is 22.9 Å². The van der Waals surface area contributed by atoms with Crippen molar-refractivity contribution in [2.45, 2.75) is 19.9 Å². The lowest BCUT2D eigenvalue weighted by molar-refractivity contribution is -0.129. The summed E-state index contributed by atoms with van der Waals surface area (Å²) in [6.45, 7) is 4.19. The number of halogens is 1. The fourth-order valence-electron chi connectivity index (χ4n) is 2.57. The van der Waals surface area contributed by atoms with Crippen molar-refractivity contribution < 1.29 is 9.53 Å². The van der Waals surface area contributed by atoms with Gasteiger partial charge in [0.05, 0.1) is 25.3 Å². The van der Waals surface area contributed by atoms with Crippen molar-refractivity contribution >= 4 is 34.5 Å². The van der Waals surface area contributed by atoms with Crippen LogP contribution in [-0.2, 0) is 17.8 Å². The molecular weight excluding hydrogens is 346 g/mol. The molecule has 0 atom stereocenters. The normalized spacial score (nSPS) is 13.4. The third-order valence-electron chi connectivity index (χ3n) is 3.95. The smallest absolute Gasteiger partial charge is 0.242 e. The molecule has 0 radical (unpaired) electrons. The Kier molecular flexibility index (Phi) is 5.26. The number of amides is 1. The molecule has 0 saturated heterocycles. The summed E-state index contributed by atoms with van der Waals surface area (Å²) in [5, 5.41) is 1.60. The summed E-state index contributed by atoms with van der Waals surface area (Å²) in [5.74, 6) is 0.824. The van der Waals surface area contributed by atoms with Crippen molar-refractivity contribution in [3.05, 3.63) is 39.3 Å². The van der Waals surface area contributed by atoms with Crippen molar-refractivity contribution in [1.29, 1.82) is 0 Å². The first kappa shape index (κ1) is 17.0. The summed E-state index contributed by atoms with van der Waals surface area (Å²) >= 11 is 7.74. The number of hydrogen-bond donors (Lipinski definition) is 0. The van der Waals surface area contributed by atoms with Crippen LogP contribution in [0, 0.1) is 0 Å². The van der Waals surface area contributed by atoms with Crippen molar-refractivity contribution in [1.82, 2.24) is 9.88 Å². The van der Waals surface area contributed by atoms with Gasteiger partial charge in [-0.1, -0.05) is 18.5 Å². The monoisotopic (exact) mass is 365 g/mol. The molecule has 5 nitrogen and oxygen atoms in total. The van der Waals surface area contributed by atoms with E-state index in [9.17, 15) is 4.79 Å². The molecule has 1 aromatic carbocycles. The highest BCUT2D eigenvalue weighted by Crippen LogP contribution is 2.33. The Morgan fingerprint density at radius 2 is 2.33 bits per heavy atom. The van der Waals surface area contributed by atoms with Gasteiger partial charge in [0.2, 0.25) is 5.91 Å². The zero-order valence-corrected chi connectivity index (χ0v) is 15.4. The van der Waals surface area contributed by atoms with Gasteiger partial charge in [-0.2, -0.15) is 0 Å². The highest BCUT2D eigenvalue weighted by Gasteiger charge is 2.22. The lowest BCUT2D eigenvalue weighted by atomic mass is 10.2. The zero-order chi connectivity index (χ0) is 17.1.